The number of rotatable bonds is 4. The molecule has 1 aliphatic rings. The van der Waals surface area contributed by atoms with E-state index in [1.54, 1.807) is 36.4 Å². The Labute approximate surface area is 153 Å². The highest BCUT2D eigenvalue weighted by molar-refractivity contribution is 9.10. The number of anilines is 1. The number of hydrogen-bond acceptors (Lipinski definition) is 4. The van der Waals surface area contributed by atoms with Crippen molar-refractivity contribution in [1.82, 2.24) is 5.43 Å². The molecule has 0 saturated carbocycles. The van der Waals surface area contributed by atoms with Crippen LogP contribution in [-0.2, 0) is 9.59 Å². The highest BCUT2D eigenvalue weighted by Gasteiger charge is 2.34. The summed E-state index contributed by atoms with van der Waals surface area (Å²) < 4.78 is 11.2. The van der Waals surface area contributed by atoms with Crippen LogP contribution in [0.2, 0.25) is 0 Å². The molecule has 0 bridgehead atoms. The van der Waals surface area contributed by atoms with Crippen LogP contribution in [0.3, 0.4) is 0 Å². The molecule has 1 heterocycles. The Hall–Kier alpha value is -2.80. The van der Waals surface area contributed by atoms with Crippen molar-refractivity contribution in [3.63, 3.8) is 0 Å². The molecule has 0 unspecified atom stereocenters. The minimum Gasteiger partial charge on any atom is -0.493 e. The Bertz CT molecular complexity index is 865. The number of carbonyl (C=O) groups is 2. The molecule has 1 saturated heterocycles. The van der Waals surface area contributed by atoms with E-state index in [2.05, 4.69) is 21.4 Å². The van der Waals surface area contributed by atoms with Gasteiger partial charge in [-0.2, -0.15) is 0 Å². The second-order valence-corrected chi connectivity index (χ2v) is 6.06. The maximum atomic E-state index is 12.6. The molecule has 0 atom stereocenters. The lowest BCUT2D eigenvalue weighted by Gasteiger charge is -2.14. The van der Waals surface area contributed by atoms with Crippen LogP contribution in [0.5, 0.6) is 11.5 Å². The zero-order valence-corrected chi connectivity index (χ0v) is 15.2. The normalized spacial score (nSPS) is 15.5. The monoisotopic (exact) mass is 402 g/mol. The number of benzene rings is 2. The Morgan fingerprint density at radius 3 is 2.32 bits per heavy atom. The van der Waals surface area contributed by atoms with Gasteiger partial charge < -0.3 is 9.47 Å². The van der Waals surface area contributed by atoms with E-state index >= 15 is 0 Å². The van der Waals surface area contributed by atoms with E-state index in [-0.39, 0.29) is 5.57 Å². The van der Waals surface area contributed by atoms with Gasteiger partial charge in [0, 0.05) is 4.47 Å². The molecule has 0 radical (unpaired) electrons. The maximum Gasteiger partial charge on any atom is 0.282 e. The van der Waals surface area contributed by atoms with E-state index in [1.807, 2.05) is 6.07 Å². The summed E-state index contributed by atoms with van der Waals surface area (Å²) in [4.78, 5) is 24.9. The van der Waals surface area contributed by atoms with E-state index in [4.69, 9.17) is 9.47 Å². The first-order valence-corrected chi connectivity index (χ1v) is 8.18. The number of methoxy groups -OCH3 is 2. The van der Waals surface area contributed by atoms with Crippen molar-refractivity contribution < 1.29 is 19.1 Å². The van der Waals surface area contributed by atoms with Gasteiger partial charge in [-0.15, -0.1) is 0 Å². The molecule has 1 N–H and O–H groups in total. The fourth-order valence-electron chi connectivity index (χ4n) is 2.45. The van der Waals surface area contributed by atoms with Crippen LogP contribution in [0.15, 0.2) is 52.5 Å². The quantitative estimate of drug-likeness (QED) is 0.630. The minimum atomic E-state index is -0.462. The third kappa shape index (κ3) is 3.23. The molecule has 0 aliphatic carbocycles. The lowest BCUT2D eigenvalue weighted by atomic mass is 10.1. The lowest BCUT2D eigenvalue weighted by molar-refractivity contribution is -0.117. The van der Waals surface area contributed by atoms with Crippen molar-refractivity contribution in [1.29, 1.82) is 0 Å². The number of para-hydroxylation sites is 1. The Morgan fingerprint density at radius 2 is 1.68 bits per heavy atom. The first kappa shape index (κ1) is 17.0. The van der Waals surface area contributed by atoms with Crippen molar-refractivity contribution in [3.05, 3.63) is 58.1 Å². The van der Waals surface area contributed by atoms with Crippen molar-refractivity contribution in [2.45, 2.75) is 0 Å². The first-order chi connectivity index (χ1) is 12.0. The SMILES string of the molecule is COc1cc(Br)c(C=C2C(=O)NN(c3ccccc3)C2=O)cc1OC. The van der Waals surface area contributed by atoms with E-state index in [0.717, 1.165) is 0 Å². The highest BCUT2D eigenvalue weighted by Crippen LogP contribution is 2.35. The van der Waals surface area contributed by atoms with Gasteiger partial charge in [0.25, 0.3) is 11.8 Å². The van der Waals surface area contributed by atoms with Gasteiger partial charge >= 0.3 is 0 Å². The zero-order valence-electron chi connectivity index (χ0n) is 13.6. The summed E-state index contributed by atoms with van der Waals surface area (Å²) in [6.07, 6.45) is 1.52. The molecule has 25 heavy (non-hydrogen) atoms. The summed E-state index contributed by atoms with van der Waals surface area (Å²) >= 11 is 3.42. The molecular weight excluding hydrogens is 388 g/mol. The molecule has 0 aromatic heterocycles. The van der Waals surface area contributed by atoms with Gasteiger partial charge in [-0.05, 0) is 35.9 Å². The molecule has 1 fully saturated rings. The summed E-state index contributed by atoms with van der Waals surface area (Å²) in [5.41, 5.74) is 3.83. The van der Waals surface area contributed by atoms with Crippen molar-refractivity contribution in [2.75, 3.05) is 19.2 Å². The second kappa shape index (κ2) is 6.98. The molecule has 7 heteroatoms. The topological polar surface area (TPSA) is 67.9 Å². The van der Waals surface area contributed by atoms with Gasteiger partial charge in [-0.1, -0.05) is 34.1 Å². The van der Waals surface area contributed by atoms with E-state index < -0.39 is 11.8 Å². The van der Waals surface area contributed by atoms with Crippen LogP contribution >= 0.6 is 15.9 Å². The van der Waals surface area contributed by atoms with Crippen LogP contribution in [0.1, 0.15) is 5.56 Å². The number of hydrazine groups is 1. The van der Waals surface area contributed by atoms with Gasteiger partial charge in [0.05, 0.1) is 19.9 Å². The average molecular weight is 403 g/mol. The summed E-state index contributed by atoms with van der Waals surface area (Å²) in [6, 6.07) is 12.3. The number of ether oxygens (including phenoxy) is 2. The molecule has 128 valence electrons. The van der Waals surface area contributed by atoms with Crippen LogP contribution in [-0.4, -0.2) is 26.0 Å². The van der Waals surface area contributed by atoms with Gasteiger partial charge in [0.1, 0.15) is 5.57 Å². The van der Waals surface area contributed by atoms with Gasteiger partial charge in [-0.25, -0.2) is 5.01 Å². The minimum absolute atomic E-state index is 0.0387. The van der Waals surface area contributed by atoms with Crippen molar-refractivity contribution in [3.8, 4) is 11.5 Å². The fourth-order valence-corrected chi connectivity index (χ4v) is 2.89. The Kier molecular flexibility index (Phi) is 4.76. The first-order valence-electron chi connectivity index (χ1n) is 7.39. The van der Waals surface area contributed by atoms with Crippen molar-refractivity contribution in [2.24, 2.45) is 0 Å². The molecule has 3 rings (SSSR count). The average Bonchev–Trinajstić information content (AvgIpc) is 2.91. The predicted molar refractivity (Wildman–Crippen MR) is 97.3 cm³/mol. The molecule has 1 aliphatic heterocycles. The van der Waals surface area contributed by atoms with E-state index in [9.17, 15) is 9.59 Å². The van der Waals surface area contributed by atoms with Crippen LogP contribution in [0.25, 0.3) is 6.08 Å². The molecule has 2 aromatic carbocycles. The third-order valence-electron chi connectivity index (χ3n) is 3.71. The van der Waals surface area contributed by atoms with Crippen molar-refractivity contribution >= 4 is 39.5 Å². The summed E-state index contributed by atoms with van der Waals surface area (Å²) in [5.74, 6) is 0.168. The third-order valence-corrected chi connectivity index (χ3v) is 4.40. The molecule has 0 spiro atoms. The van der Waals surface area contributed by atoms with E-state index in [0.29, 0.717) is 27.2 Å². The number of hydrogen-bond donors (Lipinski definition) is 1. The number of amides is 2. The molecule has 2 amide bonds. The number of nitrogens with zero attached hydrogens (tertiary/aromatic N) is 1. The number of nitrogens with one attached hydrogen (secondary N) is 1. The molecule has 6 nitrogen and oxygen atoms in total. The molecular formula is C18H15BrN2O4. The fraction of sp³-hybridized carbons (Fsp3) is 0.111. The number of halogens is 1. The highest BCUT2D eigenvalue weighted by atomic mass is 79.9. The zero-order chi connectivity index (χ0) is 18.0. The van der Waals surface area contributed by atoms with Crippen LogP contribution in [0, 0.1) is 0 Å². The maximum absolute atomic E-state index is 12.6. The number of carbonyl (C=O) groups excluding carboxylic acids is 2. The van der Waals surface area contributed by atoms with Gasteiger partial charge in [0.2, 0.25) is 0 Å². The smallest absolute Gasteiger partial charge is 0.282 e. The van der Waals surface area contributed by atoms with Gasteiger partial charge in [-0.3, -0.25) is 15.0 Å². The largest absolute Gasteiger partial charge is 0.493 e. The van der Waals surface area contributed by atoms with E-state index in [1.165, 1.54) is 25.3 Å². The summed E-state index contributed by atoms with van der Waals surface area (Å²) in [7, 11) is 3.06. The lowest BCUT2D eigenvalue weighted by Crippen LogP contribution is -2.35. The predicted octanol–water partition coefficient (Wildman–Crippen LogP) is 2.93. The Morgan fingerprint density at radius 1 is 1.04 bits per heavy atom. The standard InChI is InChI=1S/C18H15BrN2O4/c1-24-15-9-11(14(19)10-16(15)25-2)8-13-17(22)20-21(18(13)23)12-6-4-3-5-7-12/h3-10H,1-2H3,(H,20,22). The summed E-state index contributed by atoms with van der Waals surface area (Å²) in [6.45, 7) is 0. The van der Waals surface area contributed by atoms with Gasteiger partial charge in [0.15, 0.2) is 11.5 Å². The second-order valence-electron chi connectivity index (χ2n) is 5.20. The Balaban J connectivity index is 1.99. The van der Waals surface area contributed by atoms with Crippen LogP contribution < -0.4 is 19.9 Å². The van der Waals surface area contributed by atoms with Crippen LogP contribution in [0.4, 0.5) is 5.69 Å². The summed E-state index contributed by atoms with van der Waals surface area (Å²) in [5, 5.41) is 1.23. The molecule has 2 aromatic rings.